The van der Waals surface area contributed by atoms with Gasteiger partial charge in [0, 0.05) is 37.3 Å². The Labute approximate surface area is 174 Å². The van der Waals surface area contributed by atoms with Gasteiger partial charge in [0.1, 0.15) is 5.52 Å². The van der Waals surface area contributed by atoms with Crippen molar-refractivity contribution in [3.05, 3.63) is 89.5 Å². The van der Waals surface area contributed by atoms with E-state index >= 15 is 0 Å². The van der Waals surface area contributed by atoms with Crippen LogP contribution in [0, 0.1) is 0 Å². The van der Waals surface area contributed by atoms with Gasteiger partial charge in [0.15, 0.2) is 5.76 Å². The van der Waals surface area contributed by atoms with Crippen LogP contribution in [-0.2, 0) is 6.54 Å². The van der Waals surface area contributed by atoms with E-state index in [1.54, 1.807) is 43.3 Å². The number of hydrogen-bond donors (Lipinski definition) is 1. The van der Waals surface area contributed by atoms with Gasteiger partial charge in [-0.3, -0.25) is 9.59 Å². The van der Waals surface area contributed by atoms with Crippen LogP contribution in [0.15, 0.2) is 77.3 Å². The van der Waals surface area contributed by atoms with E-state index in [1.165, 1.54) is 0 Å². The van der Waals surface area contributed by atoms with Gasteiger partial charge >= 0.3 is 0 Å². The van der Waals surface area contributed by atoms with Crippen LogP contribution in [0.5, 0.6) is 0 Å². The standard InChI is InChI=1S/C24H21N3O3/c1-25-23(28)18-10-8-16(9-11-18)15-27(2)24(29)19-12-13-21-20(14-19)22(30-26-21)17-6-4-3-5-7-17/h3-14H,15H2,1-2H3,(H,25,28). The molecule has 0 fully saturated rings. The largest absolute Gasteiger partial charge is 0.355 e. The topological polar surface area (TPSA) is 75.4 Å². The van der Waals surface area contributed by atoms with E-state index in [-0.39, 0.29) is 11.8 Å². The number of amides is 2. The number of carbonyl (C=O) groups is 2. The molecule has 0 radical (unpaired) electrons. The fourth-order valence-corrected chi connectivity index (χ4v) is 3.34. The number of fused-ring (bicyclic) bond motifs is 1. The first-order valence-corrected chi connectivity index (χ1v) is 9.58. The Hall–Kier alpha value is -3.93. The van der Waals surface area contributed by atoms with Gasteiger partial charge < -0.3 is 14.7 Å². The lowest BCUT2D eigenvalue weighted by Crippen LogP contribution is -2.26. The van der Waals surface area contributed by atoms with E-state index in [0.717, 1.165) is 16.5 Å². The highest BCUT2D eigenvalue weighted by atomic mass is 16.5. The molecule has 4 rings (SSSR count). The van der Waals surface area contributed by atoms with Crippen molar-refractivity contribution in [2.45, 2.75) is 6.54 Å². The van der Waals surface area contributed by atoms with Crippen molar-refractivity contribution in [3.8, 4) is 11.3 Å². The molecule has 6 nitrogen and oxygen atoms in total. The van der Waals surface area contributed by atoms with Gasteiger partial charge in [0.2, 0.25) is 0 Å². The molecule has 6 heteroatoms. The second-order valence-corrected chi connectivity index (χ2v) is 7.05. The van der Waals surface area contributed by atoms with Crippen molar-refractivity contribution in [1.82, 2.24) is 15.4 Å². The monoisotopic (exact) mass is 399 g/mol. The van der Waals surface area contributed by atoms with Crippen molar-refractivity contribution >= 4 is 22.7 Å². The van der Waals surface area contributed by atoms with Gasteiger partial charge in [0.25, 0.3) is 11.8 Å². The molecule has 0 saturated carbocycles. The summed E-state index contributed by atoms with van der Waals surface area (Å²) in [5.41, 5.74) is 3.70. The molecular formula is C24H21N3O3. The minimum absolute atomic E-state index is 0.104. The summed E-state index contributed by atoms with van der Waals surface area (Å²) in [7, 11) is 3.35. The molecule has 3 aromatic carbocycles. The van der Waals surface area contributed by atoms with E-state index in [2.05, 4.69) is 10.5 Å². The summed E-state index contributed by atoms with van der Waals surface area (Å²) >= 11 is 0. The van der Waals surface area contributed by atoms with Gasteiger partial charge in [-0.05, 0) is 35.9 Å². The first kappa shape index (κ1) is 19.4. The average molecular weight is 399 g/mol. The Morgan fingerprint density at radius 3 is 2.37 bits per heavy atom. The van der Waals surface area contributed by atoms with Crippen LogP contribution in [0.3, 0.4) is 0 Å². The number of nitrogens with zero attached hydrogens (tertiary/aromatic N) is 2. The normalized spacial score (nSPS) is 10.7. The van der Waals surface area contributed by atoms with E-state index in [9.17, 15) is 9.59 Å². The first-order valence-electron chi connectivity index (χ1n) is 9.58. The maximum atomic E-state index is 13.0. The van der Waals surface area contributed by atoms with Crippen molar-refractivity contribution in [3.63, 3.8) is 0 Å². The van der Waals surface area contributed by atoms with Crippen LogP contribution >= 0.6 is 0 Å². The lowest BCUT2D eigenvalue weighted by molar-refractivity contribution is 0.0785. The molecular weight excluding hydrogens is 378 g/mol. The Kier molecular flexibility index (Phi) is 5.30. The third-order valence-electron chi connectivity index (χ3n) is 4.97. The maximum Gasteiger partial charge on any atom is 0.253 e. The number of aromatic nitrogens is 1. The predicted octanol–water partition coefficient (Wildman–Crippen LogP) is 4.13. The first-order chi connectivity index (χ1) is 14.6. The van der Waals surface area contributed by atoms with Crippen LogP contribution in [0.1, 0.15) is 26.3 Å². The molecule has 1 heterocycles. The molecule has 0 unspecified atom stereocenters. The number of hydrogen-bond acceptors (Lipinski definition) is 4. The van der Waals surface area contributed by atoms with Gasteiger partial charge in [-0.2, -0.15) is 0 Å². The molecule has 0 aliphatic heterocycles. The third kappa shape index (κ3) is 3.80. The Morgan fingerprint density at radius 1 is 0.967 bits per heavy atom. The highest BCUT2D eigenvalue weighted by molar-refractivity contribution is 6.01. The molecule has 0 aliphatic rings. The van der Waals surface area contributed by atoms with E-state index in [0.29, 0.717) is 28.9 Å². The zero-order valence-corrected chi connectivity index (χ0v) is 16.8. The number of rotatable bonds is 5. The average Bonchev–Trinajstić information content (AvgIpc) is 3.22. The quantitative estimate of drug-likeness (QED) is 0.548. The fraction of sp³-hybridized carbons (Fsp3) is 0.125. The summed E-state index contributed by atoms with van der Waals surface area (Å²) < 4.78 is 5.52. The summed E-state index contributed by atoms with van der Waals surface area (Å²) in [6, 6.07) is 22.3. The smallest absolute Gasteiger partial charge is 0.253 e. The predicted molar refractivity (Wildman–Crippen MR) is 115 cm³/mol. The lowest BCUT2D eigenvalue weighted by Gasteiger charge is -2.17. The molecule has 2 amide bonds. The van der Waals surface area contributed by atoms with E-state index in [1.807, 2.05) is 48.5 Å². The molecule has 30 heavy (non-hydrogen) atoms. The summed E-state index contributed by atoms with van der Waals surface area (Å²) in [6.07, 6.45) is 0. The Morgan fingerprint density at radius 2 is 1.67 bits per heavy atom. The molecule has 4 aromatic rings. The van der Waals surface area contributed by atoms with Gasteiger partial charge in [-0.1, -0.05) is 47.6 Å². The Bertz CT molecular complexity index is 1200. The van der Waals surface area contributed by atoms with Crippen molar-refractivity contribution in [1.29, 1.82) is 0 Å². The highest BCUT2D eigenvalue weighted by Gasteiger charge is 2.17. The second-order valence-electron chi connectivity index (χ2n) is 7.05. The minimum Gasteiger partial charge on any atom is -0.355 e. The summed E-state index contributed by atoms with van der Waals surface area (Å²) in [5, 5.41) is 7.50. The lowest BCUT2D eigenvalue weighted by atomic mass is 10.1. The SMILES string of the molecule is CNC(=O)c1ccc(CN(C)C(=O)c2ccc3noc(-c4ccccc4)c3c2)cc1. The molecule has 150 valence electrons. The fourth-order valence-electron chi connectivity index (χ4n) is 3.34. The van der Waals surface area contributed by atoms with Crippen LogP contribution in [-0.4, -0.2) is 36.0 Å². The molecule has 0 bridgehead atoms. The van der Waals surface area contributed by atoms with Crippen LogP contribution in [0.25, 0.3) is 22.2 Å². The number of nitrogens with one attached hydrogen (secondary N) is 1. The molecule has 0 atom stereocenters. The molecule has 0 saturated heterocycles. The molecule has 1 N–H and O–H groups in total. The third-order valence-corrected chi connectivity index (χ3v) is 4.97. The van der Waals surface area contributed by atoms with Crippen LogP contribution < -0.4 is 5.32 Å². The molecule has 0 aliphatic carbocycles. The summed E-state index contributed by atoms with van der Waals surface area (Å²) in [5.74, 6) is 0.405. The zero-order chi connectivity index (χ0) is 21.1. The molecule has 1 aromatic heterocycles. The van der Waals surface area contributed by atoms with Crippen molar-refractivity contribution in [2.24, 2.45) is 0 Å². The van der Waals surface area contributed by atoms with Crippen LogP contribution in [0.2, 0.25) is 0 Å². The van der Waals surface area contributed by atoms with Crippen molar-refractivity contribution < 1.29 is 14.1 Å². The van der Waals surface area contributed by atoms with Gasteiger partial charge in [0.05, 0.1) is 5.39 Å². The minimum atomic E-state index is -0.137. The van der Waals surface area contributed by atoms with Gasteiger partial charge in [-0.25, -0.2) is 0 Å². The zero-order valence-electron chi connectivity index (χ0n) is 16.8. The number of carbonyl (C=O) groups excluding carboxylic acids is 2. The van der Waals surface area contributed by atoms with E-state index in [4.69, 9.17) is 4.52 Å². The summed E-state index contributed by atoms with van der Waals surface area (Å²) in [6.45, 7) is 0.431. The number of benzene rings is 3. The van der Waals surface area contributed by atoms with Crippen molar-refractivity contribution in [2.75, 3.05) is 14.1 Å². The van der Waals surface area contributed by atoms with Crippen LogP contribution in [0.4, 0.5) is 0 Å². The van der Waals surface area contributed by atoms with Gasteiger partial charge in [-0.15, -0.1) is 0 Å². The maximum absolute atomic E-state index is 13.0. The summed E-state index contributed by atoms with van der Waals surface area (Å²) in [4.78, 5) is 26.3. The second kappa shape index (κ2) is 8.21. The molecule has 0 spiro atoms. The highest BCUT2D eigenvalue weighted by Crippen LogP contribution is 2.29. The van der Waals surface area contributed by atoms with E-state index < -0.39 is 0 Å². The Balaban J connectivity index is 1.56.